The SMILES string of the molecule is CCCCNC(=O)[C@@H]1CCCN(S(=O)(=O)CC)C1. The van der Waals surface area contributed by atoms with Crippen molar-refractivity contribution in [2.24, 2.45) is 5.92 Å². The van der Waals surface area contributed by atoms with Crippen LogP contribution < -0.4 is 5.32 Å². The Bertz CT molecular complexity index is 368. The average molecular weight is 276 g/mol. The second-order valence-electron chi connectivity index (χ2n) is 4.74. The van der Waals surface area contributed by atoms with Gasteiger partial charge in [0.15, 0.2) is 0 Å². The Labute approximate surface area is 110 Å². The minimum absolute atomic E-state index is 0.000506. The summed E-state index contributed by atoms with van der Waals surface area (Å²) in [6, 6.07) is 0. The lowest BCUT2D eigenvalue weighted by molar-refractivity contribution is -0.126. The summed E-state index contributed by atoms with van der Waals surface area (Å²) in [5.41, 5.74) is 0. The minimum atomic E-state index is -3.16. The maximum absolute atomic E-state index is 11.9. The molecule has 1 N–H and O–H groups in total. The molecule has 0 spiro atoms. The molecule has 0 saturated carbocycles. The molecule has 0 aromatic heterocycles. The number of amides is 1. The van der Waals surface area contributed by atoms with E-state index >= 15 is 0 Å². The number of hydrogen-bond acceptors (Lipinski definition) is 3. The van der Waals surface area contributed by atoms with Crippen molar-refractivity contribution >= 4 is 15.9 Å². The van der Waals surface area contributed by atoms with Crippen molar-refractivity contribution in [3.63, 3.8) is 0 Å². The molecule has 1 aliphatic rings. The van der Waals surface area contributed by atoms with Gasteiger partial charge in [-0.1, -0.05) is 13.3 Å². The average Bonchev–Trinajstić information content (AvgIpc) is 2.39. The zero-order valence-corrected chi connectivity index (χ0v) is 12.1. The number of rotatable bonds is 6. The molecule has 1 aliphatic heterocycles. The molecule has 0 radical (unpaired) electrons. The first-order valence-corrected chi connectivity index (χ1v) is 8.37. The van der Waals surface area contributed by atoms with E-state index in [0.717, 1.165) is 25.7 Å². The van der Waals surface area contributed by atoms with Crippen LogP contribution in [0, 0.1) is 5.92 Å². The molecule has 1 saturated heterocycles. The maximum atomic E-state index is 11.9. The normalized spacial score (nSPS) is 21.8. The summed E-state index contributed by atoms with van der Waals surface area (Å²) in [6.45, 7) is 5.29. The molecule has 18 heavy (non-hydrogen) atoms. The van der Waals surface area contributed by atoms with Gasteiger partial charge in [0.2, 0.25) is 15.9 Å². The number of unbranched alkanes of at least 4 members (excludes halogenated alkanes) is 1. The summed E-state index contributed by atoms with van der Waals surface area (Å²) in [5.74, 6) is -0.0756. The van der Waals surface area contributed by atoms with E-state index in [9.17, 15) is 13.2 Å². The molecule has 0 aromatic rings. The number of carbonyl (C=O) groups is 1. The molecular formula is C12H24N2O3S. The molecule has 106 valence electrons. The molecule has 0 aliphatic carbocycles. The van der Waals surface area contributed by atoms with Gasteiger partial charge in [-0.05, 0) is 26.2 Å². The van der Waals surface area contributed by atoms with Gasteiger partial charge in [0.05, 0.1) is 11.7 Å². The Hall–Kier alpha value is -0.620. The van der Waals surface area contributed by atoms with Crippen LogP contribution in [0.15, 0.2) is 0 Å². The molecule has 1 amide bonds. The summed E-state index contributed by atoms with van der Waals surface area (Å²) < 4.78 is 25.0. The van der Waals surface area contributed by atoms with Crippen LogP contribution in [0.4, 0.5) is 0 Å². The first kappa shape index (κ1) is 15.4. The van der Waals surface area contributed by atoms with Crippen LogP contribution >= 0.6 is 0 Å². The Morgan fingerprint density at radius 3 is 2.72 bits per heavy atom. The zero-order chi connectivity index (χ0) is 13.6. The summed E-state index contributed by atoms with van der Waals surface area (Å²) in [6.07, 6.45) is 3.56. The van der Waals surface area contributed by atoms with Crippen LogP contribution in [-0.2, 0) is 14.8 Å². The van der Waals surface area contributed by atoms with E-state index in [2.05, 4.69) is 12.2 Å². The lowest BCUT2D eigenvalue weighted by Gasteiger charge is -2.30. The topological polar surface area (TPSA) is 66.5 Å². The summed E-state index contributed by atoms with van der Waals surface area (Å²) in [7, 11) is -3.16. The van der Waals surface area contributed by atoms with Crippen molar-refractivity contribution in [3.8, 4) is 0 Å². The van der Waals surface area contributed by atoms with E-state index in [4.69, 9.17) is 0 Å². The first-order valence-electron chi connectivity index (χ1n) is 6.76. The van der Waals surface area contributed by atoms with Gasteiger partial charge in [-0.3, -0.25) is 4.79 Å². The Kier molecular flexibility index (Phi) is 6.08. The fourth-order valence-corrected chi connectivity index (χ4v) is 3.30. The number of sulfonamides is 1. The van der Waals surface area contributed by atoms with Gasteiger partial charge in [-0.25, -0.2) is 12.7 Å². The van der Waals surface area contributed by atoms with Crippen LogP contribution in [0.25, 0.3) is 0 Å². The van der Waals surface area contributed by atoms with Crippen molar-refractivity contribution in [2.75, 3.05) is 25.4 Å². The molecule has 6 heteroatoms. The van der Waals surface area contributed by atoms with E-state index in [1.807, 2.05) is 0 Å². The molecule has 0 bridgehead atoms. The number of nitrogens with one attached hydrogen (secondary N) is 1. The molecular weight excluding hydrogens is 252 g/mol. The highest BCUT2D eigenvalue weighted by Gasteiger charge is 2.31. The third-order valence-electron chi connectivity index (χ3n) is 3.34. The third-order valence-corrected chi connectivity index (χ3v) is 5.19. The van der Waals surface area contributed by atoms with Crippen LogP contribution in [-0.4, -0.2) is 44.0 Å². The van der Waals surface area contributed by atoms with Crippen LogP contribution in [0.2, 0.25) is 0 Å². The molecule has 1 rings (SSSR count). The second-order valence-corrected chi connectivity index (χ2v) is 7.00. The summed E-state index contributed by atoms with van der Waals surface area (Å²) in [5, 5.41) is 2.88. The van der Waals surface area contributed by atoms with Crippen LogP contribution in [0.5, 0.6) is 0 Å². The van der Waals surface area contributed by atoms with Gasteiger partial charge in [-0.15, -0.1) is 0 Å². The van der Waals surface area contributed by atoms with Gasteiger partial charge in [-0.2, -0.15) is 0 Å². The van der Waals surface area contributed by atoms with Crippen molar-refractivity contribution in [1.29, 1.82) is 0 Å². The first-order chi connectivity index (χ1) is 8.51. The monoisotopic (exact) mass is 276 g/mol. The number of piperidine rings is 1. The van der Waals surface area contributed by atoms with E-state index in [0.29, 0.717) is 19.6 Å². The van der Waals surface area contributed by atoms with Crippen molar-refractivity contribution < 1.29 is 13.2 Å². The van der Waals surface area contributed by atoms with Crippen molar-refractivity contribution in [1.82, 2.24) is 9.62 Å². The molecule has 1 heterocycles. The highest BCUT2D eigenvalue weighted by Crippen LogP contribution is 2.19. The minimum Gasteiger partial charge on any atom is -0.356 e. The fraction of sp³-hybridized carbons (Fsp3) is 0.917. The smallest absolute Gasteiger partial charge is 0.224 e. The predicted octanol–water partition coefficient (Wildman–Crippen LogP) is 0.964. The number of nitrogens with zero attached hydrogens (tertiary/aromatic N) is 1. The molecule has 1 atom stereocenters. The summed E-state index contributed by atoms with van der Waals surface area (Å²) >= 11 is 0. The van der Waals surface area contributed by atoms with Crippen molar-refractivity contribution in [2.45, 2.75) is 39.5 Å². The predicted molar refractivity (Wildman–Crippen MR) is 71.7 cm³/mol. The van der Waals surface area contributed by atoms with Gasteiger partial charge in [0, 0.05) is 19.6 Å². The molecule has 1 fully saturated rings. The number of carbonyl (C=O) groups excluding carboxylic acids is 1. The quantitative estimate of drug-likeness (QED) is 0.735. The van der Waals surface area contributed by atoms with Crippen LogP contribution in [0.3, 0.4) is 0 Å². The highest BCUT2D eigenvalue weighted by atomic mass is 32.2. The van der Waals surface area contributed by atoms with E-state index in [1.165, 1.54) is 4.31 Å². The van der Waals surface area contributed by atoms with Gasteiger partial charge in [0.1, 0.15) is 0 Å². The van der Waals surface area contributed by atoms with E-state index in [1.54, 1.807) is 6.92 Å². The molecule has 5 nitrogen and oxygen atoms in total. The van der Waals surface area contributed by atoms with E-state index in [-0.39, 0.29) is 17.6 Å². The van der Waals surface area contributed by atoms with E-state index < -0.39 is 10.0 Å². The van der Waals surface area contributed by atoms with Crippen LogP contribution in [0.1, 0.15) is 39.5 Å². The number of hydrogen-bond donors (Lipinski definition) is 1. The standard InChI is InChI=1S/C12H24N2O3S/c1-3-5-8-13-12(15)11-7-6-9-14(10-11)18(16,17)4-2/h11H,3-10H2,1-2H3,(H,13,15)/t11-/m1/s1. The lowest BCUT2D eigenvalue weighted by Crippen LogP contribution is -2.46. The molecule has 0 unspecified atom stereocenters. The fourth-order valence-electron chi connectivity index (χ4n) is 2.12. The van der Waals surface area contributed by atoms with Gasteiger partial charge in [0.25, 0.3) is 0 Å². The van der Waals surface area contributed by atoms with Gasteiger partial charge < -0.3 is 5.32 Å². The highest BCUT2D eigenvalue weighted by molar-refractivity contribution is 7.89. The van der Waals surface area contributed by atoms with Crippen molar-refractivity contribution in [3.05, 3.63) is 0 Å². The Balaban J connectivity index is 2.51. The lowest BCUT2D eigenvalue weighted by atomic mass is 9.99. The maximum Gasteiger partial charge on any atom is 0.224 e. The largest absolute Gasteiger partial charge is 0.356 e. The Morgan fingerprint density at radius 2 is 2.11 bits per heavy atom. The Morgan fingerprint density at radius 1 is 1.39 bits per heavy atom. The third kappa shape index (κ3) is 4.24. The van der Waals surface area contributed by atoms with Gasteiger partial charge >= 0.3 is 0 Å². The summed E-state index contributed by atoms with van der Waals surface area (Å²) in [4.78, 5) is 11.9. The second kappa shape index (κ2) is 7.09. The zero-order valence-electron chi connectivity index (χ0n) is 11.3. The molecule has 0 aromatic carbocycles.